The molecular formula is C10H12FNO3. The van der Waals surface area contributed by atoms with Crippen LogP contribution in [0.25, 0.3) is 0 Å². The second-order valence-electron chi connectivity index (χ2n) is 2.70. The lowest BCUT2D eigenvalue weighted by atomic mass is 10.2. The Morgan fingerprint density at radius 2 is 2.07 bits per heavy atom. The van der Waals surface area contributed by atoms with Gasteiger partial charge in [0.15, 0.2) is 0 Å². The van der Waals surface area contributed by atoms with Gasteiger partial charge in [-0.1, -0.05) is 30.3 Å². The summed E-state index contributed by atoms with van der Waals surface area (Å²) in [6, 6.07) is 9.21. The molecule has 0 radical (unpaired) electrons. The predicted molar refractivity (Wildman–Crippen MR) is 51.7 cm³/mol. The second-order valence-corrected chi connectivity index (χ2v) is 2.70. The van der Waals surface area contributed by atoms with Gasteiger partial charge in [0.25, 0.3) is 0 Å². The van der Waals surface area contributed by atoms with Crippen LogP contribution in [-0.2, 0) is 16.2 Å². The number of nitrogens with one attached hydrogen (secondary N) is 1. The molecule has 1 amide bonds. The van der Waals surface area contributed by atoms with Gasteiger partial charge in [-0.25, -0.2) is 9.18 Å². The van der Waals surface area contributed by atoms with Crippen LogP contribution in [0.5, 0.6) is 0 Å². The van der Waals surface area contributed by atoms with Crippen molar-refractivity contribution < 1.29 is 18.8 Å². The Kier molecular flexibility index (Phi) is 5.18. The molecule has 5 heteroatoms. The Labute approximate surface area is 86.9 Å². The molecule has 0 saturated heterocycles. The summed E-state index contributed by atoms with van der Waals surface area (Å²) in [5, 5.41) is 0. The average Bonchev–Trinajstić information content (AvgIpc) is 2.28. The van der Waals surface area contributed by atoms with Gasteiger partial charge in [0.05, 0.1) is 0 Å². The molecule has 1 aromatic carbocycles. The summed E-state index contributed by atoms with van der Waals surface area (Å²) in [7, 11) is 0. The lowest BCUT2D eigenvalue weighted by Crippen LogP contribution is -2.25. The van der Waals surface area contributed by atoms with Gasteiger partial charge in [0.2, 0.25) is 0 Å². The predicted octanol–water partition coefficient (Wildman–Crippen LogP) is 1.81. The molecule has 0 saturated carbocycles. The Bertz CT molecular complexity index is 292. The van der Waals surface area contributed by atoms with E-state index in [1.54, 1.807) is 0 Å². The van der Waals surface area contributed by atoms with E-state index in [9.17, 15) is 9.18 Å². The topological polar surface area (TPSA) is 47.6 Å². The highest BCUT2D eigenvalue weighted by atomic mass is 19.1. The summed E-state index contributed by atoms with van der Waals surface area (Å²) in [5.74, 6) is 0. The van der Waals surface area contributed by atoms with Crippen molar-refractivity contribution in [1.29, 1.82) is 0 Å². The molecule has 0 aliphatic heterocycles. The number of ether oxygens (including phenoxy) is 1. The lowest BCUT2D eigenvalue weighted by molar-refractivity contribution is 0.0199. The van der Waals surface area contributed by atoms with Gasteiger partial charge in [-0.05, 0) is 5.56 Å². The number of carbonyl (C=O) groups is 1. The van der Waals surface area contributed by atoms with Crippen LogP contribution in [0, 0.1) is 0 Å². The molecule has 0 fully saturated rings. The summed E-state index contributed by atoms with van der Waals surface area (Å²) < 4.78 is 16.4. The number of benzene rings is 1. The number of hydrogen-bond donors (Lipinski definition) is 1. The van der Waals surface area contributed by atoms with Crippen LogP contribution >= 0.6 is 0 Å². The zero-order chi connectivity index (χ0) is 10.9. The van der Waals surface area contributed by atoms with Crippen molar-refractivity contribution in [2.75, 3.05) is 13.3 Å². The number of amides is 1. The molecule has 1 N–H and O–H groups in total. The Morgan fingerprint density at radius 1 is 1.33 bits per heavy atom. The fourth-order valence-corrected chi connectivity index (χ4v) is 0.901. The molecule has 15 heavy (non-hydrogen) atoms. The van der Waals surface area contributed by atoms with E-state index in [0.717, 1.165) is 5.56 Å². The number of hydroxylamine groups is 1. The van der Waals surface area contributed by atoms with Crippen LogP contribution in [-0.4, -0.2) is 19.4 Å². The van der Waals surface area contributed by atoms with Gasteiger partial charge in [0.1, 0.15) is 19.9 Å². The highest BCUT2D eigenvalue weighted by Gasteiger charge is 2.01. The van der Waals surface area contributed by atoms with Crippen LogP contribution in [0.3, 0.4) is 0 Å². The highest BCUT2D eigenvalue weighted by molar-refractivity contribution is 5.65. The van der Waals surface area contributed by atoms with Gasteiger partial charge in [-0.2, -0.15) is 5.48 Å². The maximum absolute atomic E-state index is 11.6. The maximum atomic E-state index is 11.6. The minimum absolute atomic E-state index is 0.158. The molecule has 0 unspecified atom stereocenters. The van der Waals surface area contributed by atoms with Crippen molar-refractivity contribution in [3.63, 3.8) is 0 Å². The summed E-state index contributed by atoms with van der Waals surface area (Å²) in [4.78, 5) is 15.3. The Hall–Kier alpha value is -1.62. The van der Waals surface area contributed by atoms with Crippen molar-refractivity contribution in [2.24, 2.45) is 0 Å². The van der Waals surface area contributed by atoms with E-state index in [2.05, 4.69) is 4.84 Å². The van der Waals surface area contributed by atoms with Crippen LogP contribution < -0.4 is 5.48 Å². The molecule has 1 rings (SSSR count). The number of halogens is 1. The molecule has 0 bridgehead atoms. The molecule has 0 aromatic heterocycles. The fourth-order valence-electron chi connectivity index (χ4n) is 0.901. The summed E-state index contributed by atoms with van der Waals surface area (Å²) in [6.45, 7) is -0.676. The fraction of sp³-hybridized carbons (Fsp3) is 0.300. The zero-order valence-electron chi connectivity index (χ0n) is 8.11. The molecule has 0 aliphatic carbocycles. The van der Waals surface area contributed by atoms with Gasteiger partial charge in [0, 0.05) is 0 Å². The standard InChI is InChI=1S/C10H12FNO3/c11-6-7-15-12-10(13)14-8-9-4-2-1-3-5-9/h1-5H,6-8H2,(H,12,13). The Morgan fingerprint density at radius 3 is 2.73 bits per heavy atom. The minimum atomic E-state index is -0.729. The molecule has 1 aromatic rings. The van der Waals surface area contributed by atoms with E-state index in [4.69, 9.17) is 4.74 Å². The molecular weight excluding hydrogens is 201 g/mol. The van der Waals surface area contributed by atoms with Crippen molar-refractivity contribution >= 4 is 6.09 Å². The SMILES string of the molecule is O=C(NOCCF)OCc1ccccc1. The summed E-state index contributed by atoms with van der Waals surface area (Å²) in [5.41, 5.74) is 2.83. The first kappa shape index (κ1) is 11.5. The zero-order valence-corrected chi connectivity index (χ0v) is 8.11. The van der Waals surface area contributed by atoms with Crippen LogP contribution in [0.4, 0.5) is 9.18 Å². The summed E-state index contributed by atoms with van der Waals surface area (Å²) >= 11 is 0. The number of hydrogen-bond acceptors (Lipinski definition) is 3. The first-order valence-corrected chi connectivity index (χ1v) is 4.47. The third-order valence-corrected chi connectivity index (χ3v) is 1.55. The van der Waals surface area contributed by atoms with Gasteiger partial charge in [-0.15, -0.1) is 0 Å². The second kappa shape index (κ2) is 6.78. The van der Waals surface area contributed by atoms with E-state index < -0.39 is 12.8 Å². The van der Waals surface area contributed by atoms with Gasteiger partial charge in [-0.3, -0.25) is 4.84 Å². The minimum Gasteiger partial charge on any atom is -0.443 e. The van der Waals surface area contributed by atoms with E-state index in [0.29, 0.717) is 0 Å². The number of rotatable bonds is 5. The Balaban J connectivity index is 2.17. The van der Waals surface area contributed by atoms with Crippen molar-refractivity contribution in [3.8, 4) is 0 Å². The third-order valence-electron chi connectivity index (χ3n) is 1.55. The molecule has 4 nitrogen and oxygen atoms in total. The van der Waals surface area contributed by atoms with E-state index >= 15 is 0 Å². The van der Waals surface area contributed by atoms with E-state index in [1.165, 1.54) is 0 Å². The quantitative estimate of drug-likeness (QED) is 0.599. The highest BCUT2D eigenvalue weighted by Crippen LogP contribution is 2.00. The maximum Gasteiger partial charge on any atom is 0.431 e. The monoisotopic (exact) mass is 213 g/mol. The van der Waals surface area contributed by atoms with Crippen molar-refractivity contribution in [1.82, 2.24) is 5.48 Å². The molecule has 0 heterocycles. The number of alkyl halides is 1. The normalized spacial score (nSPS) is 9.67. The van der Waals surface area contributed by atoms with Crippen LogP contribution in [0.2, 0.25) is 0 Å². The molecule has 0 atom stereocenters. The smallest absolute Gasteiger partial charge is 0.431 e. The molecule has 0 spiro atoms. The van der Waals surface area contributed by atoms with Crippen molar-refractivity contribution in [2.45, 2.75) is 6.61 Å². The van der Waals surface area contributed by atoms with E-state index in [1.807, 2.05) is 35.8 Å². The van der Waals surface area contributed by atoms with Crippen LogP contribution in [0.1, 0.15) is 5.56 Å². The largest absolute Gasteiger partial charge is 0.443 e. The van der Waals surface area contributed by atoms with Gasteiger partial charge >= 0.3 is 6.09 Å². The molecule has 0 aliphatic rings. The van der Waals surface area contributed by atoms with Crippen LogP contribution in [0.15, 0.2) is 30.3 Å². The lowest BCUT2D eigenvalue weighted by Gasteiger charge is -2.05. The van der Waals surface area contributed by atoms with E-state index in [-0.39, 0.29) is 13.2 Å². The average molecular weight is 213 g/mol. The first-order chi connectivity index (χ1) is 7.33. The third kappa shape index (κ3) is 4.97. The van der Waals surface area contributed by atoms with Crippen molar-refractivity contribution in [3.05, 3.63) is 35.9 Å². The summed E-state index contributed by atoms with van der Waals surface area (Å²) in [6.07, 6.45) is -0.729. The first-order valence-electron chi connectivity index (χ1n) is 4.47. The van der Waals surface area contributed by atoms with Gasteiger partial charge < -0.3 is 4.74 Å². The number of carbonyl (C=O) groups excluding carboxylic acids is 1. The molecule has 82 valence electrons.